The summed E-state index contributed by atoms with van der Waals surface area (Å²) in [5.41, 5.74) is 0. The van der Waals surface area contributed by atoms with Crippen LogP contribution in [0.1, 0.15) is 47.0 Å². The zero-order valence-corrected chi connectivity index (χ0v) is 10.6. The standard InChI is InChI=1S/C13H25NO/c1-10(2)9-13(15)12(4)14-7-5-11(3)6-8-14/h10-12H,5-9H2,1-4H3/t12-/m1/s1. The van der Waals surface area contributed by atoms with E-state index in [1.165, 1.54) is 12.8 Å². The third-order valence-corrected chi connectivity index (χ3v) is 3.44. The van der Waals surface area contributed by atoms with Gasteiger partial charge in [0.05, 0.1) is 6.04 Å². The molecule has 1 fully saturated rings. The van der Waals surface area contributed by atoms with E-state index >= 15 is 0 Å². The Morgan fingerprint density at radius 1 is 1.27 bits per heavy atom. The lowest BCUT2D eigenvalue weighted by Gasteiger charge is -2.34. The summed E-state index contributed by atoms with van der Waals surface area (Å²) in [6, 6.07) is 0.139. The number of Topliss-reactive ketones (excluding diaryl/α,β-unsaturated/α-hetero) is 1. The van der Waals surface area contributed by atoms with Crippen molar-refractivity contribution in [2.75, 3.05) is 13.1 Å². The zero-order chi connectivity index (χ0) is 11.4. The maximum atomic E-state index is 11.9. The van der Waals surface area contributed by atoms with Gasteiger partial charge < -0.3 is 0 Å². The van der Waals surface area contributed by atoms with E-state index in [0.29, 0.717) is 11.7 Å². The van der Waals surface area contributed by atoms with E-state index in [1.807, 2.05) is 0 Å². The molecule has 0 aromatic heterocycles. The van der Waals surface area contributed by atoms with E-state index in [0.717, 1.165) is 25.4 Å². The van der Waals surface area contributed by atoms with E-state index in [9.17, 15) is 4.79 Å². The first-order chi connectivity index (χ1) is 7.00. The van der Waals surface area contributed by atoms with Gasteiger partial charge in [0, 0.05) is 6.42 Å². The molecule has 15 heavy (non-hydrogen) atoms. The highest BCUT2D eigenvalue weighted by molar-refractivity contribution is 5.83. The van der Waals surface area contributed by atoms with Crippen molar-refractivity contribution in [1.82, 2.24) is 4.90 Å². The first kappa shape index (κ1) is 12.7. The molecule has 0 amide bonds. The quantitative estimate of drug-likeness (QED) is 0.712. The maximum absolute atomic E-state index is 11.9. The second kappa shape index (κ2) is 5.64. The molecule has 1 atom stereocenters. The predicted molar refractivity (Wildman–Crippen MR) is 63.9 cm³/mol. The van der Waals surface area contributed by atoms with E-state index in [2.05, 4.69) is 32.6 Å². The minimum Gasteiger partial charge on any atom is -0.298 e. The summed E-state index contributed by atoms with van der Waals surface area (Å²) >= 11 is 0. The van der Waals surface area contributed by atoms with Gasteiger partial charge in [-0.15, -0.1) is 0 Å². The van der Waals surface area contributed by atoms with Crippen molar-refractivity contribution in [3.8, 4) is 0 Å². The number of hydrogen-bond acceptors (Lipinski definition) is 2. The summed E-state index contributed by atoms with van der Waals surface area (Å²) in [4.78, 5) is 14.2. The Morgan fingerprint density at radius 3 is 2.27 bits per heavy atom. The fourth-order valence-corrected chi connectivity index (χ4v) is 2.19. The molecule has 0 saturated carbocycles. The largest absolute Gasteiger partial charge is 0.298 e. The molecule has 1 aliphatic heterocycles. The number of rotatable bonds is 4. The lowest BCUT2D eigenvalue weighted by Crippen LogP contribution is -2.43. The van der Waals surface area contributed by atoms with Gasteiger partial charge in [-0.05, 0) is 44.7 Å². The Balaban J connectivity index is 2.39. The Morgan fingerprint density at radius 2 is 1.80 bits per heavy atom. The number of nitrogens with zero attached hydrogens (tertiary/aromatic N) is 1. The van der Waals surface area contributed by atoms with Gasteiger partial charge in [-0.2, -0.15) is 0 Å². The monoisotopic (exact) mass is 211 g/mol. The molecule has 0 unspecified atom stereocenters. The normalized spacial score (nSPS) is 21.9. The molecular formula is C13H25NO. The minimum absolute atomic E-state index is 0.139. The average Bonchev–Trinajstić information content (AvgIpc) is 2.17. The molecule has 2 heteroatoms. The van der Waals surface area contributed by atoms with E-state index in [-0.39, 0.29) is 6.04 Å². The first-order valence-corrected chi connectivity index (χ1v) is 6.27. The fourth-order valence-electron chi connectivity index (χ4n) is 2.19. The summed E-state index contributed by atoms with van der Waals surface area (Å²) in [5.74, 6) is 1.75. The summed E-state index contributed by atoms with van der Waals surface area (Å²) < 4.78 is 0. The summed E-state index contributed by atoms with van der Waals surface area (Å²) in [5, 5.41) is 0. The van der Waals surface area contributed by atoms with Gasteiger partial charge in [0.1, 0.15) is 5.78 Å². The molecule has 0 N–H and O–H groups in total. The molecular weight excluding hydrogens is 186 g/mol. The van der Waals surface area contributed by atoms with Crippen LogP contribution in [0.25, 0.3) is 0 Å². The number of ketones is 1. The van der Waals surface area contributed by atoms with Gasteiger partial charge in [0.25, 0.3) is 0 Å². The van der Waals surface area contributed by atoms with Crippen molar-refractivity contribution in [3.05, 3.63) is 0 Å². The van der Waals surface area contributed by atoms with Crippen LogP contribution < -0.4 is 0 Å². The fraction of sp³-hybridized carbons (Fsp3) is 0.923. The molecule has 88 valence electrons. The lowest BCUT2D eigenvalue weighted by molar-refractivity contribution is -0.125. The van der Waals surface area contributed by atoms with Crippen LogP contribution in [0.2, 0.25) is 0 Å². The van der Waals surface area contributed by atoms with Gasteiger partial charge in [-0.3, -0.25) is 9.69 Å². The Labute approximate surface area is 94.0 Å². The zero-order valence-electron chi connectivity index (χ0n) is 10.6. The van der Waals surface area contributed by atoms with Crippen LogP contribution in [0, 0.1) is 11.8 Å². The van der Waals surface area contributed by atoms with Crippen LogP contribution in [-0.2, 0) is 4.79 Å². The molecule has 1 saturated heterocycles. The van der Waals surface area contributed by atoms with Crippen molar-refractivity contribution < 1.29 is 4.79 Å². The molecule has 2 nitrogen and oxygen atoms in total. The van der Waals surface area contributed by atoms with Gasteiger partial charge >= 0.3 is 0 Å². The highest BCUT2D eigenvalue weighted by atomic mass is 16.1. The van der Waals surface area contributed by atoms with Gasteiger partial charge in [0.2, 0.25) is 0 Å². The predicted octanol–water partition coefficient (Wildman–Crippen LogP) is 2.72. The number of likely N-dealkylation sites (tertiary alicyclic amines) is 1. The maximum Gasteiger partial charge on any atom is 0.149 e. The van der Waals surface area contributed by atoms with Crippen molar-refractivity contribution in [2.45, 2.75) is 53.0 Å². The van der Waals surface area contributed by atoms with Gasteiger partial charge in [-0.25, -0.2) is 0 Å². The number of hydrogen-bond donors (Lipinski definition) is 0. The highest BCUT2D eigenvalue weighted by Crippen LogP contribution is 2.19. The van der Waals surface area contributed by atoms with Crippen molar-refractivity contribution in [2.24, 2.45) is 11.8 Å². The van der Waals surface area contributed by atoms with Crippen molar-refractivity contribution >= 4 is 5.78 Å². The molecule has 0 aromatic rings. The molecule has 0 bridgehead atoms. The van der Waals surface area contributed by atoms with Crippen LogP contribution in [-0.4, -0.2) is 29.8 Å². The van der Waals surface area contributed by atoms with Gasteiger partial charge in [-0.1, -0.05) is 20.8 Å². The average molecular weight is 211 g/mol. The van der Waals surface area contributed by atoms with Crippen molar-refractivity contribution in [1.29, 1.82) is 0 Å². The van der Waals surface area contributed by atoms with Crippen LogP contribution in [0.3, 0.4) is 0 Å². The molecule has 0 aliphatic carbocycles. The molecule has 0 spiro atoms. The number of carbonyl (C=O) groups excluding carboxylic acids is 1. The molecule has 0 aromatic carbocycles. The molecule has 0 radical (unpaired) electrons. The summed E-state index contributed by atoms with van der Waals surface area (Å²) in [6.45, 7) is 10.8. The molecule has 1 aliphatic rings. The smallest absolute Gasteiger partial charge is 0.149 e. The number of carbonyl (C=O) groups is 1. The Kier molecular flexibility index (Phi) is 4.78. The van der Waals surface area contributed by atoms with E-state index in [1.54, 1.807) is 0 Å². The van der Waals surface area contributed by atoms with Crippen LogP contribution in [0.4, 0.5) is 0 Å². The third-order valence-electron chi connectivity index (χ3n) is 3.44. The van der Waals surface area contributed by atoms with Crippen molar-refractivity contribution in [3.63, 3.8) is 0 Å². The third kappa shape index (κ3) is 3.94. The molecule has 1 heterocycles. The minimum atomic E-state index is 0.139. The second-order valence-electron chi connectivity index (χ2n) is 5.46. The van der Waals surface area contributed by atoms with Crippen LogP contribution >= 0.6 is 0 Å². The lowest BCUT2D eigenvalue weighted by atomic mass is 9.95. The Hall–Kier alpha value is -0.370. The molecule has 1 rings (SSSR count). The van der Waals surface area contributed by atoms with Crippen LogP contribution in [0.15, 0.2) is 0 Å². The highest BCUT2D eigenvalue weighted by Gasteiger charge is 2.24. The van der Waals surface area contributed by atoms with E-state index < -0.39 is 0 Å². The first-order valence-electron chi connectivity index (χ1n) is 6.27. The van der Waals surface area contributed by atoms with Crippen LogP contribution in [0.5, 0.6) is 0 Å². The van der Waals surface area contributed by atoms with Gasteiger partial charge in [0.15, 0.2) is 0 Å². The topological polar surface area (TPSA) is 20.3 Å². The second-order valence-corrected chi connectivity index (χ2v) is 5.46. The summed E-state index contributed by atoms with van der Waals surface area (Å²) in [7, 11) is 0. The number of piperidine rings is 1. The van der Waals surface area contributed by atoms with E-state index in [4.69, 9.17) is 0 Å². The SMILES string of the molecule is CC(C)CC(=O)[C@@H](C)N1CCC(C)CC1. The Bertz CT molecular complexity index is 205. The summed E-state index contributed by atoms with van der Waals surface area (Å²) in [6.07, 6.45) is 3.23.